The topological polar surface area (TPSA) is 162 Å². The van der Waals surface area contributed by atoms with Crippen LogP contribution < -0.4 is 10.2 Å². The third kappa shape index (κ3) is 6.37. The van der Waals surface area contributed by atoms with Gasteiger partial charge in [0.1, 0.15) is 5.71 Å². The number of amides is 1. The van der Waals surface area contributed by atoms with Crippen LogP contribution in [0.1, 0.15) is 68.2 Å². The molecule has 218 valence electrons. The number of rotatable bonds is 9. The number of hydrogen-bond donors (Lipinski definition) is 3. The smallest absolute Gasteiger partial charge is 0.294 e. The number of carbonyl (C=O) groups excluding carboxylic acids is 1. The fourth-order valence-corrected chi connectivity index (χ4v) is 5.01. The molecule has 0 radical (unpaired) electrons. The number of aryl methyl sites for hydroxylation is 1. The van der Waals surface area contributed by atoms with E-state index in [-0.39, 0.29) is 22.5 Å². The first kappa shape index (κ1) is 30.0. The van der Waals surface area contributed by atoms with Crippen LogP contribution in [0.25, 0.3) is 0 Å². The maximum absolute atomic E-state index is 12.9. The fourth-order valence-electron chi connectivity index (χ4n) is 4.48. The highest BCUT2D eigenvalue weighted by molar-refractivity contribution is 7.85. The molecule has 13 heteroatoms. The van der Waals surface area contributed by atoms with E-state index >= 15 is 0 Å². The molecule has 1 aliphatic heterocycles. The van der Waals surface area contributed by atoms with E-state index in [1.54, 1.807) is 11.6 Å². The molecule has 12 nitrogen and oxygen atoms in total. The van der Waals surface area contributed by atoms with E-state index in [2.05, 4.69) is 20.4 Å². The van der Waals surface area contributed by atoms with E-state index < -0.39 is 22.1 Å². The minimum absolute atomic E-state index is 0.0637. The Morgan fingerprint density at radius 3 is 2.51 bits per heavy atom. The minimum atomic E-state index is -4.45. The van der Waals surface area contributed by atoms with Gasteiger partial charge in [-0.2, -0.15) is 18.2 Å². The van der Waals surface area contributed by atoms with Crippen LogP contribution in [-0.2, 0) is 10.1 Å². The van der Waals surface area contributed by atoms with Gasteiger partial charge < -0.3 is 15.3 Å². The molecule has 41 heavy (non-hydrogen) atoms. The van der Waals surface area contributed by atoms with Gasteiger partial charge in [0.25, 0.3) is 16.0 Å². The van der Waals surface area contributed by atoms with Crippen LogP contribution in [0.5, 0.6) is 0 Å². The Bertz CT molecular complexity index is 1640. The molecule has 0 saturated heterocycles. The molecule has 1 atom stereocenters. The fraction of sp³-hybridized carbons (Fsp3) is 0.393. The van der Waals surface area contributed by atoms with E-state index in [1.165, 1.54) is 18.2 Å². The highest BCUT2D eigenvalue weighted by Gasteiger charge is 2.36. The lowest BCUT2D eigenvalue weighted by Crippen LogP contribution is -2.28. The summed E-state index contributed by atoms with van der Waals surface area (Å²) in [7, 11) is -4.45. The molecule has 3 N–H and O–H groups in total. The SMILES string of the molecule is CCN(CCO)c1ccc(N=C2C(C(C)(C)C)=Nn3c2nnc3C(C)NC(=O)c2cccc(S(=O)(=O)O)c2)c(C)c1. The first-order valence-corrected chi connectivity index (χ1v) is 14.7. The summed E-state index contributed by atoms with van der Waals surface area (Å²) in [6.07, 6.45) is 0. The number of benzene rings is 2. The van der Waals surface area contributed by atoms with E-state index in [0.717, 1.165) is 29.5 Å². The predicted octanol–water partition coefficient (Wildman–Crippen LogP) is 3.53. The first-order chi connectivity index (χ1) is 19.2. The lowest BCUT2D eigenvalue weighted by molar-refractivity contribution is 0.0937. The number of aromatic nitrogens is 3. The van der Waals surface area contributed by atoms with Gasteiger partial charge in [-0.15, -0.1) is 10.2 Å². The number of nitrogens with zero attached hydrogens (tertiary/aromatic N) is 6. The van der Waals surface area contributed by atoms with Crippen LogP contribution in [0, 0.1) is 12.3 Å². The van der Waals surface area contributed by atoms with Gasteiger partial charge in [0, 0.05) is 29.8 Å². The summed E-state index contributed by atoms with van der Waals surface area (Å²) >= 11 is 0. The zero-order chi connectivity index (χ0) is 30.1. The van der Waals surface area contributed by atoms with Crippen LogP contribution >= 0.6 is 0 Å². The summed E-state index contributed by atoms with van der Waals surface area (Å²) in [4.78, 5) is 19.6. The summed E-state index contributed by atoms with van der Waals surface area (Å²) in [6.45, 7) is 13.2. The summed E-state index contributed by atoms with van der Waals surface area (Å²) in [5.41, 5.74) is 3.67. The molecule has 1 unspecified atom stereocenters. The highest BCUT2D eigenvalue weighted by Crippen LogP contribution is 2.31. The number of hydrogen-bond acceptors (Lipinski definition) is 9. The summed E-state index contributed by atoms with van der Waals surface area (Å²) in [6, 6.07) is 10.4. The van der Waals surface area contributed by atoms with Gasteiger partial charge in [-0.1, -0.05) is 26.8 Å². The van der Waals surface area contributed by atoms with E-state index in [1.807, 2.05) is 52.8 Å². The van der Waals surface area contributed by atoms with Gasteiger partial charge in [-0.25, -0.2) is 4.99 Å². The maximum atomic E-state index is 12.9. The number of nitrogens with one attached hydrogen (secondary N) is 1. The second-order valence-electron chi connectivity index (χ2n) is 10.8. The normalized spacial score (nSPS) is 15.0. The van der Waals surface area contributed by atoms with Crippen molar-refractivity contribution in [3.05, 3.63) is 65.2 Å². The third-order valence-electron chi connectivity index (χ3n) is 6.67. The number of aliphatic hydroxyl groups excluding tert-OH is 1. The summed E-state index contributed by atoms with van der Waals surface area (Å²) in [5, 5.41) is 25.6. The maximum Gasteiger partial charge on any atom is 0.294 e. The van der Waals surface area contributed by atoms with Crippen LogP contribution in [0.3, 0.4) is 0 Å². The van der Waals surface area contributed by atoms with Crippen LogP contribution in [0.2, 0.25) is 0 Å². The Kier molecular flexibility index (Phi) is 8.43. The molecule has 0 bridgehead atoms. The lowest BCUT2D eigenvalue weighted by Gasteiger charge is -2.23. The molecule has 2 aromatic carbocycles. The molecular weight excluding hydrogens is 546 g/mol. The largest absolute Gasteiger partial charge is 0.395 e. The van der Waals surface area contributed by atoms with Crippen molar-refractivity contribution in [1.82, 2.24) is 20.2 Å². The van der Waals surface area contributed by atoms with Crippen molar-refractivity contribution < 1.29 is 22.9 Å². The van der Waals surface area contributed by atoms with Crippen molar-refractivity contribution in [1.29, 1.82) is 0 Å². The van der Waals surface area contributed by atoms with Gasteiger partial charge in [-0.05, 0) is 62.7 Å². The number of aliphatic imine (C=N–C) groups is 1. The second-order valence-corrected chi connectivity index (χ2v) is 12.2. The Labute approximate surface area is 239 Å². The van der Waals surface area contributed by atoms with Gasteiger partial charge in [0.05, 0.1) is 28.9 Å². The lowest BCUT2D eigenvalue weighted by atomic mass is 9.87. The van der Waals surface area contributed by atoms with Crippen molar-refractivity contribution in [2.24, 2.45) is 15.5 Å². The zero-order valence-electron chi connectivity index (χ0n) is 24.0. The van der Waals surface area contributed by atoms with Crippen molar-refractivity contribution >= 4 is 38.8 Å². The molecule has 0 spiro atoms. The number of fused-ring (bicyclic) bond motifs is 1. The van der Waals surface area contributed by atoms with Crippen molar-refractivity contribution in [3.63, 3.8) is 0 Å². The van der Waals surface area contributed by atoms with Gasteiger partial charge in [0.15, 0.2) is 5.82 Å². The minimum Gasteiger partial charge on any atom is -0.395 e. The van der Waals surface area contributed by atoms with Crippen molar-refractivity contribution in [3.8, 4) is 0 Å². The van der Waals surface area contributed by atoms with E-state index in [9.17, 15) is 22.9 Å². The predicted molar refractivity (Wildman–Crippen MR) is 157 cm³/mol. The molecule has 1 amide bonds. The van der Waals surface area contributed by atoms with E-state index in [0.29, 0.717) is 29.6 Å². The van der Waals surface area contributed by atoms with Crippen LogP contribution in [0.4, 0.5) is 11.4 Å². The van der Waals surface area contributed by atoms with Gasteiger partial charge >= 0.3 is 0 Å². The number of anilines is 1. The van der Waals surface area contributed by atoms with Gasteiger partial charge in [-0.3, -0.25) is 9.35 Å². The average molecular weight is 582 g/mol. The molecule has 3 aromatic rings. The molecule has 4 rings (SSSR count). The van der Waals surface area contributed by atoms with Crippen LogP contribution in [-0.4, -0.2) is 70.0 Å². The molecule has 0 aliphatic carbocycles. The zero-order valence-corrected chi connectivity index (χ0v) is 24.8. The van der Waals surface area contributed by atoms with Crippen LogP contribution in [0.15, 0.2) is 57.5 Å². The standard InChI is InChI=1S/C28H35N7O5S/c1-7-34(13-14-36)20-11-12-22(17(2)15-20)30-23-24(28(4,5)6)33-35-25(31-32-26(23)35)18(3)29-27(37)19-9-8-10-21(16-19)41(38,39)40/h8-12,15-16,18,36H,7,13-14H2,1-6H3,(H,29,37)(H,38,39,40). The summed E-state index contributed by atoms with van der Waals surface area (Å²) < 4.78 is 33.9. The molecule has 1 aromatic heterocycles. The van der Waals surface area contributed by atoms with E-state index in [4.69, 9.17) is 10.1 Å². The molecule has 1 aliphatic rings. The average Bonchev–Trinajstić information content (AvgIpc) is 3.48. The highest BCUT2D eigenvalue weighted by atomic mass is 32.2. The number of aliphatic hydroxyl groups is 1. The Morgan fingerprint density at radius 2 is 1.90 bits per heavy atom. The number of likely N-dealkylation sites (N-methyl/N-ethyl adjacent to an activating group) is 1. The van der Waals surface area contributed by atoms with Crippen molar-refractivity contribution in [2.75, 3.05) is 24.6 Å². The molecule has 0 fully saturated rings. The third-order valence-corrected chi connectivity index (χ3v) is 7.52. The quantitative estimate of drug-likeness (QED) is 0.323. The Hall–Kier alpha value is -3.94. The first-order valence-electron chi connectivity index (χ1n) is 13.2. The van der Waals surface area contributed by atoms with Gasteiger partial charge in [0.2, 0.25) is 5.82 Å². The number of carbonyl (C=O) groups is 1. The monoisotopic (exact) mass is 581 g/mol. The molecule has 0 saturated carbocycles. The second kappa shape index (κ2) is 11.5. The van der Waals surface area contributed by atoms with Crippen molar-refractivity contribution in [2.45, 2.75) is 52.5 Å². The molecular formula is C28H35N7O5S. The Balaban J connectivity index is 1.67. The molecule has 2 heterocycles. The summed E-state index contributed by atoms with van der Waals surface area (Å²) in [5.74, 6) is 0.268. The Morgan fingerprint density at radius 1 is 1.17 bits per heavy atom.